The molecular weight excluding hydrogens is 318 g/mol. The minimum Gasteiger partial charge on any atom is -0.263 e. The molecule has 0 atom stereocenters. The van der Waals surface area contributed by atoms with Crippen LogP contribution < -0.4 is 4.31 Å². The zero-order valence-corrected chi connectivity index (χ0v) is 11.9. The Labute approximate surface area is 114 Å². The van der Waals surface area contributed by atoms with Crippen LogP contribution in [0.5, 0.6) is 0 Å². The Morgan fingerprint density at radius 2 is 2.00 bits per heavy atom. The van der Waals surface area contributed by atoms with Crippen molar-refractivity contribution in [2.45, 2.75) is 4.90 Å². The van der Waals surface area contributed by atoms with Crippen LogP contribution in [0.4, 0.5) is 5.82 Å². The molecule has 2 rings (SSSR count). The van der Waals surface area contributed by atoms with Gasteiger partial charge in [-0.3, -0.25) is 9.29 Å². The molecule has 0 fully saturated rings. The van der Waals surface area contributed by atoms with Crippen LogP contribution in [-0.2, 0) is 10.0 Å². The van der Waals surface area contributed by atoms with E-state index < -0.39 is 10.0 Å². The van der Waals surface area contributed by atoms with Gasteiger partial charge in [0.2, 0.25) is 0 Å². The largest absolute Gasteiger partial charge is 0.266 e. The van der Waals surface area contributed by atoms with Crippen molar-refractivity contribution >= 4 is 31.8 Å². The molecule has 2 aromatic heterocycles. The van der Waals surface area contributed by atoms with Crippen LogP contribution in [-0.4, -0.2) is 25.4 Å². The Hall–Kier alpha value is -1.47. The fourth-order valence-electron chi connectivity index (χ4n) is 1.34. The lowest BCUT2D eigenvalue weighted by Crippen LogP contribution is -2.27. The van der Waals surface area contributed by atoms with Crippen LogP contribution in [0.2, 0.25) is 0 Å². The number of hydrogen-bond acceptors (Lipinski definition) is 4. The van der Waals surface area contributed by atoms with Crippen LogP contribution in [0, 0.1) is 0 Å². The second-order valence-corrected chi connectivity index (χ2v) is 6.38. The summed E-state index contributed by atoms with van der Waals surface area (Å²) in [5.74, 6) is 0.349. The third-order valence-corrected chi connectivity index (χ3v) is 4.54. The molecule has 0 amide bonds. The lowest BCUT2D eigenvalue weighted by Gasteiger charge is -2.17. The first kappa shape index (κ1) is 13.0. The Bertz CT molecular complexity index is 629. The molecule has 0 aliphatic rings. The number of halogens is 1. The van der Waals surface area contributed by atoms with E-state index >= 15 is 0 Å². The van der Waals surface area contributed by atoms with Crippen LogP contribution in [0.1, 0.15) is 0 Å². The summed E-state index contributed by atoms with van der Waals surface area (Å²) in [4.78, 5) is 7.99. The number of hydrogen-bond donors (Lipinski definition) is 0. The van der Waals surface area contributed by atoms with Crippen molar-refractivity contribution in [3.8, 4) is 0 Å². The fourth-order valence-corrected chi connectivity index (χ4v) is 2.68. The summed E-state index contributed by atoms with van der Waals surface area (Å²) in [6.45, 7) is 0. The molecule has 0 spiro atoms. The molecule has 5 nitrogen and oxygen atoms in total. The minimum atomic E-state index is -3.61. The van der Waals surface area contributed by atoms with E-state index in [1.807, 2.05) is 0 Å². The first-order valence-corrected chi connectivity index (χ1v) is 7.25. The predicted octanol–water partition coefficient (Wildman–Crippen LogP) is 2.06. The Balaban J connectivity index is 2.39. The summed E-state index contributed by atoms with van der Waals surface area (Å²) in [6.07, 6.45) is 4.38. The molecule has 0 saturated carbocycles. The average Bonchev–Trinajstić information content (AvgIpc) is 2.40. The number of rotatable bonds is 3. The highest BCUT2D eigenvalue weighted by Crippen LogP contribution is 2.20. The molecule has 0 aromatic carbocycles. The van der Waals surface area contributed by atoms with Crippen LogP contribution >= 0.6 is 15.9 Å². The minimum absolute atomic E-state index is 0.136. The van der Waals surface area contributed by atoms with Crippen molar-refractivity contribution in [3.05, 3.63) is 47.3 Å². The second-order valence-electron chi connectivity index (χ2n) is 3.50. The summed E-state index contributed by atoms with van der Waals surface area (Å²) in [6, 6.07) is 6.43. The van der Waals surface area contributed by atoms with Gasteiger partial charge in [0, 0.05) is 30.1 Å². The van der Waals surface area contributed by atoms with Crippen molar-refractivity contribution in [1.29, 1.82) is 0 Å². The topological polar surface area (TPSA) is 63.2 Å². The van der Waals surface area contributed by atoms with Gasteiger partial charge in [0.1, 0.15) is 10.7 Å². The van der Waals surface area contributed by atoms with E-state index in [9.17, 15) is 8.42 Å². The average molecular weight is 328 g/mol. The van der Waals surface area contributed by atoms with Crippen molar-refractivity contribution in [2.75, 3.05) is 11.4 Å². The monoisotopic (exact) mass is 327 g/mol. The third kappa shape index (κ3) is 2.51. The van der Waals surface area contributed by atoms with Gasteiger partial charge in [-0.1, -0.05) is 0 Å². The maximum absolute atomic E-state index is 12.3. The molecule has 94 valence electrons. The van der Waals surface area contributed by atoms with Gasteiger partial charge >= 0.3 is 0 Å². The van der Waals surface area contributed by atoms with E-state index in [-0.39, 0.29) is 4.90 Å². The zero-order valence-electron chi connectivity index (χ0n) is 9.49. The molecule has 0 N–H and O–H groups in total. The zero-order chi connectivity index (χ0) is 13.2. The summed E-state index contributed by atoms with van der Waals surface area (Å²) in [5.41, 5.74) is 0. The smallest absolute Gasteiger partial charge is 0.263 e. The first-order chi connectivity index (χ1) is 8.51. The number of pyridine rings is 2. The highest BCUT2D eigenvalue weighted by atomic mass is 79.9. The van der Waals surface area contributed by atoms with Gasteiger partial charge < -0.3 is 0 Å². The summed E-state index contributed by atoms with van der Waals surface area (Å²) in [5, 5.41) is 0. The molecular formula is C11H10BrN3O2S. The number of anilines is 1. The number of aromatic nitrogens is 2. The van der Waals surface area contributed by atoms with E-state index in [2.05, 4.69) is 25.9 Å². The highest BCUT2D eigenvalue weighted by molar-refractivity contribution is 9.10. The van der Waals surface area contributed by atoms with Gasteiger partial charge in [-0.15, -0.1) is 0 Å². The standard InChI is InChI=1S/C11H10BrN3O2S/c1-15(11-5-4-9(12)7-14-11)18(16,17)10-3-2-6-13-8-10/h2-8H,1H3. The second kappa shape index (κ2) is 5.03. The summed E-state index contributed by atoms with van der Waals surface area (Å²) >= 11 is 3.25. The lowest BCUT2D eigenvalue weighted by molar-refractivity contribution is 0.593. The molecule has 2 aromatic rings. The fraction of sp³-hybridized carbons (Fsp3) is 0.0909. The maximum atomic E-state index is 12.3. The quantitative estimate of drug-likeness (QED) is 0.865. The van der Waals surface area contributed by atoms with Gasteiger partial charge in [-0.2, -0.15) is 0 Å². The molecule has 0 saturated heterocycles. The molecule has 7 heteroatoms. The van der Waals surface area contributed by atoms with Gasteiger partial charge in [0.05, 0.1) is 0 Å². The lowest BCUT2D eigenvalue weighted by atomic mass is 10.5. The van der Waals surface area contributed by atoms with Gasteiger partial charge in [-0.05, 0) is 40.2 Å². The van der Waals surface area contributed by atoms with Crippen LogP contribution in [0.15, 0.2) is 52.2 Å². The van der Waals surface area contributed by atoms with E-state index in [0.717, 1.165) is 8.78 Å². The SMILES string of the molecule is CN(c1ccc(Br)cn1)S(=O)(=O)c1cccnc1. The molecule has 0 aliphatic heterocycles. The van der Waals surface area contributed by atoms with E-state index in [4.69, 9.17) is 0 Å². The van der Waals surface area contributed by atoms with Gasteiger partial charge in [-0.25, -0.2) is 13.4 Å². The first-order valence-electron chi connectivity index (χ1n) is 5.02. The highest BCUT2D eigenvalue weighted by Gasteiger charge is 2.21. The van der Waals surface area contributed by atoms with Gasteiger partial charge in [0.25, 0.3) is 10.0 Å². The molecule has 0 radical (unpaired) electrons. The number of sulfonamides is 1. The summed E-state index contributed by atoms with van der Waals surface area (Å²) in [7, 11) is -2.15. The number of nitrogens with zero attached hydrogens (tertiary/aromatic N) is 3. The van der Waals surface area contributed by atoms with Crippen molar-refractivity contribution < 1.29 is 8.42 Å². The predicted molar refractivity (Wildman–Crippen MR) is 71.8 cm³/mol. The van der Waals surface area contributed by atoms with Crippen LogP contribution in [0.25, 0.3) is 0 Å². The Morgan fingerprint density at radius 3 is 2.56 bits per heavy atom. The van der Waals surface area contributed by atoms with E-state index in [1.165, 1.54) is 25.5 Å². The normalized spacial score (nSPS) is 11.2. The Morgan fingerprint density at radius 1 is 1.22 bits per heavy atom. The summed E-state index contributed by atoms with van der Waals surface area (Å²) < 4.78 is 26.4. The van der Waals surface area contributed by atoms with Crippen molar-refractivity contribution in [1.82, 2.24) is 9.97 Å². The van der Waals surface area contributed by atoms with Crippen LogP contribution in [0.3, 0.4) is 0 Å². The molecule has 0 aliphatic carbocycles. The maximum Gasteiger partial charge on any atom is 0.266 e. The molecule has 0 bridgehead atoms. The van der Waals surface area contributed by atoms with Crippen molar-refractivity contribution in [3.63, 3.8) is 0 Å². The van der Waals surface area contributed by atoms with Crippen molar-refractivity contribution in [2.24, 2.45) is 0 Å². The third-order valence-electron chi connectivity index (χ3n) is 2.33. The van der Waals surface area contributed by atoms with E-state index in [1.54, 1.807) is 24.4 Å². The molecule has 2 heterocycles. The van der Waals surface area contributed by atoms with E-state index in [0.29, 0.717) is 5.82 Å². The molecule has 18 heavy (non-hydrogen) atoms. The van der Waals surface area contributed by atoms with Gasteiger partial charge in [0.15, 0.2) is 0 Å². The Kier molecular flexibility index (Phi) is 3.63. The molecule has 0 unspecified atom stereocenters.